The van der Waals surface area contributed by atoms with E-state index in [4.69, 9.17) is 0 Å². The number of nitrogens with one attached hydrogen (secondary N) is 2. The monoisotopic (exact) mass is 362 g/mol. The molecule has 5 nitrogen and oxygen atoms in total. The summed E-state index contributed by atoms with van der Waals surface area (Å²) < 4.78 is 0.786. The average molecular weight is 363 g/mol. The number of carbonyl (C=O) groups excluding carboxylic acids is 1. The second-order valence-corrected chi connectivity index (χ2v) is 7.52. The third-order valence-electron chi connectivity index (χ3n) is 3.25. The maximum Gasteiger partial charge on any atom is 0.230 e. The van der Waals surface area contributed by atoms with Crippen LogP contribution < -0.4 is 10.6 Å². The molecule has 1 aromatic heterocycles. The lowest BCUT2D eigenvalue weighted by Gasteiger charge is -2.13. The topological polar surface area (TPSA) is 66.9 Å². The first-order valence-electron chi connectivity index (χ1n) is 7.81. The van der Waals surface area contributed by atoms with E-state index in [9.17, 15) is 4.79 Å². The average Bonchev–Trinajstić information content (AvgIpc) is 3.05. The van der Waals surface area contributed by atoms with Gasteiger partial charge >= 0.3 is 0 Å². The van der Waals surface area contributed by atoms with E-state index in [1.54, 1.807) is 6.08 Å². The van der Waals surface area contributed by atoms with Gasteiger partial charge in [-0.3, -0.25) is 4.79 Å². The fourth-order valence-electron chi connectivity index (χ4n) is 2.04. The number of anilines is 1. The molecule has 0 saturated carbocycles. The van der Waals surface area contributed by atoms with Crippen molar-refractivity contribution < 1.29 is 4.79 Å². The number of amides is 1. The maximum absolute atomic E-state index is 12.0. The smallest absolute Gasteiger partial charge is 0.230 e. The number of aromatic nitrogens is 2. The van der Waals surface area contributed by atoms with Crippen LogP contribution in [0.15, 0.2) is 47.3 Å². The molecule has 128 valence electrons. The zero-order valence-electron chi connectivity index (χ0n) is 13.7. The van der Waals surface area contributed by atoms with Crippen LogP contribution in [0.2, 0.25) is 0 Å². The molecule has 1 amide bonds. The highest BCUT2D eigenvalue weighted by molar-refractivity contribution is 8.01. The lowest BCUT2D eigenvalue weighted by Crippen LogP contribution is -2.34. The fourth-order valence-corrected chi connectivity index (χ4v) is 3.61. The minimum absolute atomic E-state index is 0.0244. The Bertz CT molecular complexity index is 645. The van der Waals surface area contributed by atoms with Crippen molar-refractivity contribution in [1.29, 1.82) is 0 Å². The van der Waals surface area contributed by atoms with E-state index in [2.05, 4.69) is 39.5 Å². The number of aryl methyl sites for hydroxylation is 1. The summed E-state index contributed by atoms with van der Waals surface area (Å²) in [5, 5.41) is 14.9. The van der Waals surface area contributed by atoms with Gasteiger partial charge in [0.05, 0.1) is 5.75 Å². The summed E-state index contributed by atoms with van der Waals surface area (Å²) in [7, 11) is 0. The van der Waals surface area contributed by atoms with Crippen molar-refractivity contribution in [2.75, 3.05) is 17.6 Å². The van der Waals surface area contributed by atoms with E-state index in [-0.39, 0.29) is 11.9 Å². The molecule has 2 aromatic rings. The second kappa shape index (κ2) is 10.1. The number of nitrogens with zero attached hydrogens (tertiary/aromatic N) is 2. The largest absolute Gasteiger partial charge is 0.357 e. The molecule has 0 spiro atoms. The third kappa shape index (κ3) is 6.72. The Hall–Kier alpha value is -1.86. The van der Waals surface area contributed by atoms with Crippen molar-refractivity contribution in [3.05, 3.63) is 48.6 Å². The van der Waals surface area contributed by atoms with Crippen molar-refractivity contribution >= 4 is 34.1 Å². The Labute approximate surface area is 151 Å². The number of thioether (sulfide) groups is 1. The van der Waals surface area contributed by atoms with Gasteiger partial charge in [-0.25, -0.2) is 0 Å². The minimum atomic E-state index is 0.0244. The van der Waals surface area contributed by atoms with Crippen molar-refractivity contribution in [3.8, 4) is 0 Å². The molecule has 0 unspecified atom stereocenters. The SMILES string of the molecule is C=CCNc1nnc(SCC(=O)N[C@H](C)CCc2ccccc2)s1. The molecule has 2 N–H and O–H groups in total. The summed E-state index contributed by atoms with van der Waals surface area (Å²) in [4.78, 5) is 12.0. The summed E-state index contributed by atoms with van der Waals surface area (Å²) in [6, 6.07) is 10.5. The Morgan fingerprint density at radius 3 is 2.92 bits per heavy atom. The van der Waals surface area contributed by atoms with Crippen LogP contribution in [0.5, 0.6) is 0 Å². The molecule has 1 aromatic carbocycles. The molecule has 0 radical (unpaired) electrons. The normalized spacial score (nSPS) is 11.7. The van der Waals surface area contributed by atoms with Crippen LogP contribution in [0.4, 0.5) is 5.13 Å². The molecule has 0 aliphatic carbocycles. The third-order valence-corrected chi connectivity index (χ3v) is 5.26. The van der Waals surface area contributed by atoms with Gasteiger partial charge in [-0.2, -0.15) is 0 Å². The van der Waals surface area contributed by atoms with Crippen LogP contribution in [0.3, 0.4) is 0 Å². The van der Waals surface area contributed by atoms with E-state index >= 15 is 0 Å². The highest BCUT2D eigenvalue weighted by Crippen LogP contribution is 2.25. The van der Waals surface area contributed by atoms with Gasteiger partial charge in [-0.15, -0.1) is 16.8 Å². The van der Waals surface area contributed by atoms with E-state index in [1.807, 2.05) is 25.1 Å². The van der Waals surface area contributed by atoms with Crippen molar-refractivity contribution in [2.45, 2.75) is 30.1 Å². The predicted octanol–water partition coefficient (Wildman–Crippen LogP) is 3.37. The van der Waals surface area contributed by atoms with Crippen LogP contribution in [-0.4, -0.2) is 34.4 Å². The van der Waals surface area contributed by atoms with Gasteiger partial charge < -0.3 is 10.6 Å². The lowest BCUT2D eigenvalue weighted by atomic mass is 10.1. The zero-order valence-corrected chi connectivity index (χ0v) is 15.3. The molecular weight excluding hydrogens is 340 g/mol. The first-order valence-corrected chi connectivity index (χ1v) is 9.62. The Balaban J connectivity index is 1.66. The van der Waals surface area contributed by atoms with Gasteiger partial charge in [0.15, 0.2) is 4.34 Å². The fraction of sp³-hybridized carbons (Fsp3) is 0.353. The Morgan fingerprint density at radius 2 is 2.17 bits per heavy atom. The second-order valence-electron chi connectivity index (χ2n) is 5.32. The highest BCUT2D eigenvalue weighted by Gasteiger charge is 2.10. The molecule has 1 atom stereocenters. The maximum atomic E-state index is 12.0. The molecule has 0 aliphatic rings. The first-order chi connectivity index (χ1) is 11.7. The van der Waals surface area contributed by atoms with Crippen molar-refractivity contribution in [1.82, 2.24) is 15.5 Å². The predicted molar refractivity (Wildman–Crippen MR) is 102 cm³/mol. The van der Waals surface area contributed by atoms with Crippen LogP contribution >= 0.6 is 23.1 Å². The van der Waals surface area contributed by atoms with Gasteiger partial charge in [0.2, 0.25) is 11.0 Å². The quantitative estimate of drug-likeness (QED) is 0.501. The van der Waals surface area contributed by atoms with Gasteiger partial charge in [0.1, 0.15) is 0 Å². The number of hydrogen-bond acceptors (Lipinski definition) is 6. The number of carbonyl (C=O) groups is 1. The summed E-state index contributed by atoms with van der Waals surface area (Å²) in [5.41, 5.74) is 1.29. The number of rotatable bonds is 10. The van der Waals surface area contributed by atoms with E-state index in [1.165, 1.54) is 28.7 Å². The summed E-state index contributed by atoms with van der Waals surface area (Å²) in [6.45, 7) is 6.33. The van der Waals surface area contributed by atoms with Crippen molar-refractivity contribution in [3.63, 3.8) is 0 Å². The van der Waals surface area contributed by atoms with Gasteiger partial charge in [-0.05, 0) is 25.3 Å². The van der Waals surface area contributed by atoms with E-state index in [0.717, 1.165) is 22.3 Å². The standard InChI is InChI=1S/C17H22N4OS2/c1-3-11-18-16-20-21-17(24-16)23-12-15(22)19-13(2)9-10-14-7-5-4-6-8-14/h3-8,13H,1,9-12H2,2H3,(H,18,20)(H,19,22)/t13-/m1/s1. The van der Waals surface area contributed by atoms with Crippen LogP contribution in [0, 0.1) is 0 Å². The minimum Gasteiger partial charge on any atom is -0.357 e. The molecule has 2 rings (SSSR count). The van der Waals surface area contributed by atoms with Gasteiger partial charge in [0.25, 0.3) is 0 Å². The molecule has 0 saturated heterocycles. The lowest BCUT2D eigenvalue weighted by molar-refractivity contribution is -0.119. The Morgan fingerprint density at radius 1 is 1.38 bits per heavy atom. The van der Waals surface area contributed by atoms with Gasteiger partial charge in [0, 0.05) is 12.6 Å². The molecule has 0 bridgehead atoms. The molecule has 0 fully saturated rings. The molecule has 1 heterocycles. The number of hydrogen-bond donors (Lipinski definition) is 2. The van der Waals surface area contributed by atoms with Crippen molar-refractivity contribution in [2.24, 2.45) is 0 Å². The van der Waals surface area contributed by atoms with E-state index < -0.39 is 0 Å². The summed E-state index contributed by atoms with van der Waals surface area (Å²) in [5.74, 6) is 0.377. The van der Waals surface area contributed by atoms with Crippen LogP contribution in [0.25, 0.3) is 0 Å². The Kier molecular flexibility index (Phi) is 7.77. The van der Waals surface area contributed by atoms with Crippen LogP contribution in [0.1, 0.15) is 18.9 Å². The number of benzene rings is 1. The molecule has 7 heteroatoms. The summed E-state index contributed by atoms with van der Waals surface area (Å²) >= 11 is 2.85. The van der Waals surface area contributed by atoms with E-state index in [0.29, 0.717) is 12.3 Å². The molecule has 0 aliphatic heterocycles. The zero-order chi connectivity index (χ0) is 17.2. The van der Waals surface area contributed by atoms with Gasteiger partial charge in [-0.1, -0.05) is 59.5 Å². The molecular formula is C17H22N4OS2. The summed E-state index contributed by atoms with van der Waals surface area (Å²) in [6.07, 6.45) is 3.65. The highest BCUT2D eigenvalue weighted by atomic mass is 32.2. The molecule has 24 heavy (non-hydrogen) atoms. The van der Waals surface area contributed by atoms with Crippen LogP contribution in [-0.2, 0) is 11.2 Å². The first kappa shape index (κ1) is 18.5.